The van der Waals surface area contributed by atoms with Crippen LogP contribution >= 0.6 is 11.6 Å². The fourth-order valence-electron chi connectivity index (χ4n) is 2.05. The zero-order valence-corrected chi connectivity index (χ0v) is 15.4. The van der Waals surface area contributed by atoms with Gasteiger partial charge in [-0.05, 0) is 24.6 Å². The van der Waals surface area contributed by atoms with Crippen LogP contribution in [0.2, 0.25) is 5.02 Å². The van der Waals surface area contributed by atoms with E-state index in [4.69, 9.17) is 16.3 Å². The second-order valence-corrected chi connectivity index (χ2v) is 5.98. The van der Waals surface area contributed by atoms with E-state index in [1.165, 1.54) is 25.3 Å². The van der Waals surface area contributed by atoms with Crippen LogP contribution in [0.5, 0.6) is 5.88 Å². The van der Waals surface area contributed by atoms with E-state index in [0.717, 1.165) is 6.07 Å². The Kier molecular flexibility index (Phi) is 7.16. The lowest BCUT2D eigenvalue weighted by molar-refractivity contribution is -0.137. The highest BCUT2D eigenvalue weighted by atomic mass is 35.5. The van der Waals surface area contributed by atoms with Crippen LogP contribution in [0.1, 0.15) is 29.3 Å². The summed E-state index contributed by atoms with van der Waals surface area (Å²) < 4.78 is 42.9. The number of nitrogens with zero attached hydrogens (tertiary/aromatic N) is 2. The van der Waals surface area contributed by atoms with Crippen LogP contribution in [-0.4, -0.2) is 34.9 Å². The zero-order valence-electron chi connectivity index (χ0n) is 14.6. The minimum atomic E-state index is -4.54. The van der Waals surface area contributed by atoms with Crippen molar-refractivity contribution in [3.8, 4) is 5.88 Å². The molecule has 0 saturated carbocycles. The number of halogens is 4. The van der Waals surface area contributed by atoms with Crippen molar-refractivity contribution in [1.29, 1.82) is 0 Å². The smallest absolute Gasteiger partial charge is 0.417 e. The quantitative estimate of drug-likeness (QED) is 0.675. The molecule has 0 aliphatic heterocycles. The average molecular weight is 417 g/mol. The molecule has 0 radical (unpaired) electrons. The molecule has 2 amide bonds. The number of hydrogen-bond donors (Lipinski definition) is 2. The van der Waals surface area contributed by atoms with Crippen molar-refractivity contribution < 1.29 is 27.5 Å². The molecule has 28 heavy (non-hydrogen) atoms. The highest BCUT2D eigenvalue weighted by Gasteiger charge is 2.31. The van der Waals surface area contributed by atoms with Crippen molar-refractivity contribution in [2.75, 3.05) is 18.5 Å². The molecule has 2 aromatic rings. The third-order valence-electron chi connectivity index (χ3n) is 3.31. The van der Waals surface area contributed by atoms with Crippen LogP contribution in [0.3, 0.4) is 0 Å². The third-order valence-corrected chi connectivity index (χ3v) is 3.58. The van der Waals surface area contributed by atoms with Crippen molar-refractivity contribution in [3.63, 3.8) is 0 Å². The van der Waals surface area contributed by atoms with Crippen LogP contribution in [-0.2, 0) is 11.0 Å². The second-order valence-electron chi connectivity index (χ2n) is 5.58. The number of amides is 2. The molecule has 2 N–H and O–H groups in total. The second kappa shape index (κ2) is 9.36. The largest absolute Gasteiger partial charge is 0.477 e. The number of pyridine rings is 2. The number of carbonyl (C=O) groups is 2. The SMILES string of the molecule is CC(=O)Nc1cc(C(=O)NCCCOc2ncc(C(F)(F)F)cc2Cl)ccn1. The van der Waals surface area contributed by atoms with E-state index >= 15 is 0 Å². The molecular formula is C17H16ClF3N4O3. The summed E-state index contributed by atoms with van der Waals surface area (Å²) in [6.07, 6.45) is -2.14. The molecule has 0 spiro atoms. The van der Waals surface area contributed by atoms with Gasteiger partial charge in [-0.25, -0.2) is 9.97 Å². The van der Waals surface area contributed by atoms with Crippen LogP contribution in [0.15, 0.2) is 30.6 Å². The highest BCUT2D eigenvalue weighted by molar-refractivity contribution is 6.31. The van der Waals surface area contributed by atoms with Gasteiger partial charge in [0, 0.05) is 31.4 Å². The van der Waals surface area contributed by atoms with Crippen molar-refractivity contribution in [2.24, 2.45) is 0 Å². The summed E-state index contributed by atoms with van der Waals surface area (Å²) in [6, 6.07) is 3.66. The van der Waals surface area contributed by atoms with Gasteiger partial charge >= 0.3 is 6.18 Å². The van der Waals surface area contributed by atoms with Crippen LogP contribution in [0.25, 0.3) is 0 Å². The van der Waals surface area contributed by atoms with Gasteiger partial charge in [0.15, 0.2) is 0 Å². The fourth-order valence-corrected chi connectivity index (χ4v) is 2.27. The van der Waals surface area contributed by atoms with Gasteiger partial charge in [-0.2, -0.15) is 13.2 Å². The Morgan fingerprint density at radius 3 is 2.64 bits per heavy atom. The Morgan fingerprint density at radius 1 is 1.25 bits per heavy atom. The third kappa shape index (κ3) is 6.38. The predicted molar refractivity (Wildman–Crippen MR) is 95.2 cm³/mol. The molecule has 7 nitrogen and oxygen atoms in total. The molecule has 0 aromatic carbocycles. The molecule has 2 rings (SSSR count). The average Bonchev–Trinajstić information content (AvgIpc) is 2.61. The summed E-state index contributed by atoms with van der Waals surface area (Å²) in [5.41, 5.74) is -0.653. The van der Waals surface area contributed by atoms with Gasteiger partial charge in [0.2, 0.25) is 11.8 Å². The van der Waals surface area contributed by atoms with Gasteiger partial charge in [0.1, 0.15) is 10.8 Å². The predicted octanol–water partition coefficient (Wildman–Crippen LogP) is 3.31. The van der Waals surface area contributed by atoms with E-state index in [1.807, 2.05) is 0 Å². The minimum Gasteiger partial charge on any atom is -0.477 e. The lowest BCUT2D eigenvalue weighted by Gasteiger charge is -2.10. The molecule has 0 aliphatic rings. The number of ether oxygens (including phenoxy) is 1. The molecular weight excluding hydrogens is 401 g/mol. The van der Waals surface area contributed by atoms with Crippen LogP contribution in [0.4, 0.5) is 19.0 Å². The number of anilines is 1. The Bertz CT molecular complexity index is 862. The normalized spacial score (nSPS) is 11.0. The van der Waals surface area contributed by atoms with Gasteiger partial charge in [-0.15, -0.1) is 0 Å². The van der Waals surface area contributed by atoms with Crippen LogP contribution in [0, 0.1) is 0 Å². The van der Waals surface area contributed by atoms with Crippen LogP contribution < -0.4 is 15.4 Å². The lowest BCUT2D eigenvalue weighted by Crippen LogP contribution is -2.25. The lowest BCUT2D eigenvalue weighted by atomic mass is 10.2. The van der Waals surface area contributed by atoms with Crippen molar-refractivity contribution >= 4 is 29.2 Å². The molecule has 0 fully saturated rings. The summed E-state index contributed by atoms with van der Waals surface area (Å²) in [5.74, 6) is -0.543. The first-order valence-electron chi connectivity index (χ1n) is 8.04. The van der Waals surface area contributed by atoms with Gasteiger partial charge in [-0.1, -0.05) is 11.6 Å². The molecule has 0 saturated heterocycles. The Balaban J connectivity index is 1.79. The van der Waals surface area contributed by atoms with E-state index in [9.17, 15) is 22.8 Å². The maximum atomic E-state index is 12.6. The standard InChI is InChI=1S/C17H16ClF3N4O3/c1-10(26)25-14-7-11(3-5-22-14)15(27)23-4-2-6-28-16-13(18)8-12(9-24-16)17(19,20)21/h3,5,7-9H,2,4,6H2,1H3,(H,23,27)(H,22,25,26). The Morgan fingerprint density at radius 2 is 2.00 bits per heavy atom. The molecule has 0 atom stereocenters. The Hall–Kier alpha value is -2.88. The Labute approximate surface area is 163 Å². The summed E-state index contributed by atoms with van der Waals surface area (Å²) in [5, 5.41) is 4.87. The van der Waals surface area contributed by atoms with Gasteiger partial charge in [0.25, 0.3) is 5.91 Å². The topological polar surface area (TPSA) is 93.2 Å². The zero-order chi connectivity index (χ0) is 20.7. The van der Waals surface area contributed by atoms with Crippen molar-refractivity contribution in [1.82, 2.24) is 15.3 Å². The molecule has 0 unspecified atom stereocenters. The number of alkyl halides is 3. The van der Waals surface area contributed by atoms with Gasteiger partial charge in [-0.3, -0.25) is 9.59 Å². The van der Waals surface area contributed by atoms with Crippen molar-refractivity contribution in [2.45, 2.75) is 19.5 Å². The number of aromatic nitrogens is 2. The monoisotopic (exact) mass is 416 g/mol. The number of carbonyl (C=O) groups excluding carboxylic acids is 2. The van der Waals surface area contributed by atoms with E-state index in [0.29, 0.717) is 18.2 Å². The van der Waals surface area contributed by atoms with E-state index in [-0.39, 0.29) is 41.7 Å². The maximum absolute atomic E-state index is 12.6. The first kappa shape index (κ1) is 21.4. The summed E-state index contributed by atoms with van der Waals surface area (Å²) in [4.78, 5) is 30.5. The van der Waals surface area contributed by atoms with E-state index in [1.54, 1.807) is 0 Å². The summed E-state index contributed by atoms with van der Waals surface area (Å²) in [6.45, 7) is 1.66. The molecule has 150 valence electrons. The van der Waals surface area contributed by atoms with E-state index in [2.05, 4.69) is 20.6 Å². The van der Waals surface area contributed by atoms with Gasteiger partial charge < -0.3 is 15.4 Å². The van der Waals surface area contributed by atoms with Gasteiger partial charge in [0.05, 0.1) is 12.2 Å². The summed E-state index contributed by atoms with van der Waals surface area (Å²) >= 11 is 5.74. The molecule has 0 bridgehead atoms. The van der Waals surface area contributed by atoms with E-state index < -0.39 is 11.7 Å². The first-order valence-corrected chi connectivity index (χ1v) is 8.42. The fraction of sp³-hybridized carbons (Fsp3) is 0.294. The highest BCUT2D eigenvalue weighted by Crippen LogP contribution is 2.33. The summed E-state index contributed by atoms with van der Waals surface area (Å²) in [7, 11) is 0. The number of nitrogens with one attached hydrogen (secondary N) is 2. The maximum Gasteiger partial charge on any atom is 0.417 e. The molecule has 2 aromatic heterocycles. The molecule has 2 heterocycles. The first-order chi connectivity index (χ1) is 13.2. The van der Waals surface area contributed by atoms with Crippen molar-refractivity contribution in [3.05, 3.63) is 46.7 Å². The number of hydrogen-bond acceptors (Lipinski definition) is 5. The molecule has 0 aliphatic carbocycles. The number of rotatable bonds is 7. The molecule has 11 heteroatoms. The minimum absolute atomic E-state index is 0.0891.